The SMILES string of the molecule is Cc1cc(C)c(P([Si](C)(C)C)[Si](C)(C)C)c(C)c1. The topological polar surface area (TPSA) is 0 Å². The molecule has 0 aliphatic carbocycles. The maximum Gasteiger partial charge on any atom is 0.0730 e. The predicted octanol–water partition coefficient (Wildman–Crippen LogP) is 5.39. The van der Waals surface area contributed by atoms with Crippen LogP contribution in [0.1, 0.15) is 16.7 Å². The highest BCUT2D eigenvalue weighted by molar-refractivity contribution is 8.22. The van der Waals surface area contributed by atoms with Gasteiger partial charge in [0, 0.05) is 0 Å². The molecule has 0 saturated carbocycles. The van der Waals surface area contributed by atoms with Crippen molar-refractivity contribution < 1.29 is 0 Å². The number of hydrogen-bond donors (Lipinski definition) is 0. The van der Waals surface area contributed by atoms with Gasteiger partial charge in [0.15, 0.2) is 0 Å². The van der Waals surface area contributed by atoms with Crippen molar-refractivity contribution in [2.24, 2.45) is 0 Å². The third-order valence-corrected chi connectivity index (χ3v) is 28.5. The number of hydrogen-bond acceptors (Lipinski definition) is 0. The number of benzene rings is 1. The summed E-state index contributed by atoms with van der Waals surface area (Å²) in [5, 5.41) is 1.74. The first-order valence-electron chi connectivity index (χ1n) is 6.83. The molecule has 0 aromatic heterocycles. The van der Waals surface area contributed by atoms with E-state index in [1.807, 2.05) is 0 Å². The Hall–Kier alpha value is 0.0838. The third kappa shape index (κ3) is 3.55. The molecule has 0 N–H and O–H groups in total. The lowest BCUT2D eigenvalue weighted by atomic mass is 10.1. The molecule has 0 heterocycles. The van der Waals surface area contributed by atoms with E-state index in [-0.39, 0.29) is 7.02 Å². The van der Waals surface area contributed by atoms with Crippen LogP contribution in [0.4, 0.5) is 0 Å². The van der Waals surface area contributed by atoms with Gasteiger partial charge in [0.25, 0.3) is 0 Å². The van der Waals surface area contributed by atoms with Crippen LogP contribution in [0.25, 0.3) is 0 Å². The van der Waals surface area contributed by atoms with Crippen LogP contribution in [0.5, 0.6) is 0 Å². The highest BCUT2D eigenvalue weighted by atomic mass is 31.6. The fourth-order valence-corrected chi connectivity index (χ4v) is 37.7. The van der Waals surface area contributed by atoms with Crippen molar-refractivity contribution >= 4 is 27.8 Å². The van der Waals surface area contributed by atoms with Gasteiger partial charge in [-0.3, -0.25) is 0 Å². The smallest absolute Gasteiger partial charge is 0.0730 e. The summed E-state index contributed by atoms with van der Waals surface area (Å²) in [6.45, 7) is 22.3. The van der Waals surface area contributed by atoms with E-state index >= 15 is 0 Å². The van der Waals surface area contributed by atoms with Crippen molar-refractivity contribution in [3.8, 4) is 0 Å². The molecule has 1 aromatic carbocycles. The molecular weight excluding hydrogens is 267 g/mol. The molecule has 0 atom stereocenters. The maximum atomic E-state index is 2.57. The molecule has 3 heteroatoms. The van der Waals surface area contributed by atoms with E-state index in [9.17, 15) is 0 Å². The zero-order valence-electron chi connectivity index (χ0n) is 13.6. The van der Waals surface area contributed by atoms with Gasteiger partial charge >= 0.3 is 0 Å². The first kappa shape index (κ1) is 16.1. The summed E-state index contributed by atoms with van der Waals surface area (Å²) >= 11 is 0. The minimum absolute atomic E-state index is 0.0859. The largest absolute Gasteiger partial charge is 0.0991 e. The normalized spacial score (nSPS) is 13.2. The highest BCUT2D eigenvalue weighted by Crippen LogP contribution is 2.54. The second kappa shape index (κ2) is 5.22. The zero-order chi connectivity index (χ0) is 14.3. The lowest BCUT2D eigenvalue weighted by Gasteiger charge is -2.41. The molecule has 102 valence electrons. The van der Waals surface area contributed by atoms with Crippen molar-refractivity contribution in [2.75, 3.05) is 0 Å². The van der Waals surface area contributed by atoms with E-state index in [1.165, 1.54) is 5.56 Å². The Morgan fingerprint density at radius 2 is 1.06 bits per heavy atom. The lowest BCUT2D eigenvalue weighted by molar-refractivity contribution is 1.36. The molecule has 1 rings (SSSR count). The van der Waals surface area contributed by atoms with Gasteiger partial charge in [0.05, 0.1) is 15.5 Å². The van der Waals surface area contributed by atoms with Gasteiger partial charge in [-0.1, -0.05) is 64.0 Å². The molecule has 0 aliphatic heterocycles. The van der Waals surface area contributed by atoms with Crippen molar-refractivity contribution in [1.29, 1.82) is 0 Å². The van der Waals surface area contributed by atoms with Crippen LogP contribution in [0, 0.1) is 20.8 Å². The monoisotopic (exact) mass is 296 g/mol. The molecule has 18 heavy (non-hydrogen) atoms. The van der Waals surface area contributed by atoms with E-state index in [4.69, 9.17) is 0 Å². The molecule has 1 aromatic rings. The van der Waals surface area contributed by atoms with E-state index < -0.39 is 15.5 Å². The molecule has 0 aliphatic rings. The van der Waals surface area contributed by atoms with Crippen LogP contribution in [-0.4, -0.2) is 15.5 Å². The summed E-state index contributed by atoms with van der Waals surface area (Å²) in [4.78, 5) is 0. The quantitative estimate of drug-likeness (QED) is 0.518. The Morgan fingerprint density at radius 3 is 1.33 bits per heavy atom. The molecule has 0 unspecified atom stereocenters. The fourth-order valence-electron chi connectivity index (χ4n) is 3.20. The second-order valence-electron chi connectivity index (χ2n) is 7.42. The molecule has 0 bridgehead atoms. The van der Waals surface area contributed by atoms with Crippen molar-refractivity contribution in [1.82, 2.24) is 0 Å². The summed E-state index contributed by atoms with van der Waals surface area (Å²) in [5.74, 6) is 0. The van der Waals surface area contributed by atoms with Crippen LogP contribution < -0.4 is 5.30 Å². The van der Waals surface area contributed by atoms with Gasteiger partial charge < -0.3 is 0 Å². The van der Waals surface area contributed by atoms with Crippen molar-refractivity contribution in [2.45, 2.75) is 60.1 Å². The number of aryl methyl sites for hydroxylation is 3. The van der Waals surface area contributed by atoms with Gasteiger partial charge in [-0.15, -0.1) is 0 Å². The fraction of sp³-hybridized carbons (Fsp3) is 0.600. The molecular formula is C15H29PSi2. The van der Waals surface area contributed by atoms with E-state index in [0.717, 1.165) is 0 Å². The first-order valence-corrected chi connectivity index (χ1v) is 16.9. The molecule has 0 fully saturated rings. The Labute approximate surface area is 117 Å². The second-order valence-corrected chi connectivity index (χ2v) is 29.3. The summed E-state index contributed by atoms with van der Waals surface area (Å²) in [6.07, 6.45) is 0. The molecule has 0 spiro atoms. The van der Waals surface area contributed by atoms with Gasteiger partial charge in [-0.2, -0.15) is 0 Å². The highest BCUT2D eigenvalue weighted by Gasteiger charge is 2.39. The van der Waals surface area contributed by atoms with Gasteiger partial charge in [-0.25, -0.2) is 0 Å². The van der Waals surface area contributed by atoms with Crippen LogP contribution in [0.15, 0.2) is 12.1 Å². The van der Waals surface area contributed by atoms with Crippen LogP contribution >= 0.6 is 7.02 Å². The van der Waals surface area contributed by atoms with Gasteiger partial charge in [0.1, 0.15) is 0 Å². The van der Waals surface area contributed by atoms with Gasteiger partial charge in [-0.05, 0) is 37.2 Å². The molecule has 0 nitrogen and oxygen atoms in total. The molecule has 0 saturated heterocycles. The van der Waals surface area contributed by atoms with Crippen molar-refractivity contribution in [3.05, 3.63) is 28.8 Å². The predicted molar refractivity (Wildman–Crippen MR) is 93.9 cm³/mol. The average Bonchev–Trinajstić information content (AvgIpc) is 2.06. The minimum atomic E-state index is -1.12. The standard InChI is InChI=1S/C15H29PSi2/c1-12-10-13(2)15(14(3)11-12)16(17(4,5)6)18(7,8)9/h10-11H,1-9H3. The van der Waals surface area contributed by atoms with Crippen LogP contribution in [0.2, 0.25) is 39.3 Å². The summed E-state index contributed by atoms with van der Waals surface area (Å²) in [6, 6.07) is 4.77. The lowest BCUT2D eigenvalue weighted by Crippen LogP contribution is -2.39. The molecule has 0 radical (unpaired) electrons. The van der Waals surface area contributed by atoms with Crippen LogP contribution in [0.3, 0.4) is 0 Å². The van der Waals surface area contributed by atoms with E-state index in [2.05, 4.69) is 72.2 Å². The van der Waals surface area contributed by atoms with E-state index in [0.29, 0.717) is 0 Å². The average molecular weight is 297 g/mol. The zero-order valence-corrected chi connectivity index (χ0v) is 16.5. The van der Waals surface area contributed by atoms with Crippen LogP contribution in [-0.2, 0) is 0 Å². The summed E-state index contributed by atoms with van der Waals surface area (Å²) < 4.78 is 0. The van der Waals surface area contributed by atoms with E-state index in [1.54, 1.807) is 16.4 Å². The third-order valence-electron chi connectivity index (χ3n) is 3.20. The maximum absolute atomic E-state index is 2.57. The summed E-state index contributed by atoms with van der Waals surface area (Å²) in [7, 11) is -2.15. The van der Waals surface area contributed by atoms with Crippen molar-refractivity contribution in [3.63, 3.8) is 0 Å². The Bertz CT molecular complexity index is 402. The molecule has 0 amide bonds. The minimum Gasteiger partial charge on any atom is -0.0991 e. The summed E-state index contributed by atoms with van der Waals surface area (Å²) in [5.41, 5.74) is 4.50. The number of rotatable bonds is 3. The van der Waals surface area contributed by atoms with Gasteiger partial charge in [0.2, 0.25) is 0 Å². The first-order chi connectivity index (χ1) is 7.94. The Morgan fingerprint density at radius 1 is 0.722 bits per heavy atom. The Balaban J connectivity index is 3.50. The Kier molecular flexibility index (Phi) is 4.68.